The van der Waals surface area contributed by atoms with Crippen molar-refractivity contribution in [2.24, 2.45) is 5.92 Å². The summed E-state index contributed by atoms with van der Waals surface area (Å²) >= 11 is 0. The average Bonchev–Trinajstić information content (AvgIpc) is 2.00. The summed E-state index contributed by atoms with van der Waals surface area (Å²) < 4.78 is 0. The molecular formula is C7H12O5. The number of aliphatic hydroxyl groups excluding tert-OH is 3. The molecule has 1 rings (SSSR count). The zero-order valence-corrected chi connectivity index (χ0v) is 6.42. The van der Waals surface area contributed by atoms with Crippen LogP contribution < -0.4 is 0 Å². The van der Waals surface area contributed by atoms with Gasteiger partial charge in [-0.1, -0.05) is 0 Å². The first-order chi connectivity index (χ1) is 5.54. The van der Waals surface area contributed by atoms with E-state index in [9.17, 15) is 9.90 Å². The van der Waals surface area contributed by atoms with E-state index in [0.717, 1.165) is 0 Å². The van der Waals surface area contributed by atoms with Crippen LogP contribution in [0.4, 0.5) is 0 Å². The van der Waals surface area contributed by atoms with Gasteiger partial charge >= 0.3 is 5.97 Å². The Morgan fingerprint density at radius 3 is 2.17 bits per heavy atom. The quantitative estimate of drug-likeness (QED) is 0.392. The number of carboxylic acid groups (broad SMARTS) is 1. The standard InChI is InChI=1S/C7H12O5/c8-4-2-1-3(7(11)12)5(9)6(4)10/h3-6,8-10H,1-2H2,(H,11,12). The number of hydrogen-bond acceptors (Lipinski definition) is 4. The third-order valence-electron chi connectivity index (χ3n) is 2.25. The first-order valence-corrected chi connectivity index (χ1v) is 3.81. The summed E-state index contributed by atoms with van der Waals surface area (Å²) in [6, 6.07) is 0. The van der Waals surface area contributed by atoms with Crippen LogP contribution in [0.3, 0.4) is 0 Å². The van der Waals surface area contributed by atoms with Crippen LogP contribution in [0.2, 0.25) is 0 Å². The molecule has 5 nitrogen and oxygen atoms in total. The van der Waals surface area contributed by atoms with E-state index < -0.39 is 30.2 Å². The second kappa shape index (κ2) is 3.38. The molecular weight excluding hydrogens is 164 g/mol. The van der Waals surface area contributed by atoms with Gasteiger partial charge in [-0.3, -0.25) is 4.79 Å². The maximum atomic E-state index is 10.5. The lowest BCUT2D eigenvalue weighted by Gasteiger charge is -2.32. The van der Waals surface area contributed by atoms with Gasteiger partial charge in [0.25, 0.3) is 0 Å². The number of rotatable bonds is 1. The van der Waals surface area contributed by atoms with E-state index in [1.165, 1.54) is 0 Å². The molecule has 1 saturated carbocycles. The van der Waals surface area contributed by atoms with Gasteiger partial charge in [0.1, 0.15) is 6.10 Å². The van der Waals surface area contributed by atoms with E-state index in [2.05, 4.69) is 0 Å². The molecule has 0 saturated heterocycles. The highest BCUT2D eigenvalue weighted by Crippen LogP contribution is 2.25. The van der Waals surface area contributed by atoms with Crippen LogP contribution in [-0.4, -0.2) is 44.7 Å². The van der Waals surface area contributed by atoms with E-state index in [4.69, 9.17) is 15.3 Å². The normalized spacial score (nSPS) is 42.6. The molecule has 0 aromatic heterocycles. The van der Waals surface area contributed by atoms with Gasteiger partial charge < -0.3 is 20.4 Å². The van der Waals surface area contributed by atoms with Gasteiger partial charge in [-0.2, -0.15) is 0 Å². The predicted molar refractivity (Wildman–Crippen MR) is 38.4 cm³/mol. The Labute approximate surface area is 69.3 Å². The van der Waals surface area contributed by atoms with E-state index in [-0.39, 0.29) is 12.8 Å². The Balaban J connectivity index is 2.65. The molecule has 0 amide bonds. The van der Waals surface area contributed by atoms with Crippen molar-refractivity contribution in [2.75, 3.05) is 0 Å². The number of hydrogen-bond donors (Lipinski definition) is 4. The molecule has 1 aliphatic rings. The number of carbonyl (C=O) groups is 1. The van der Waals surface area contributed by atoms with E-state index >= 15 is 0 Å². The second-order valence-corrected chi connectivity index (χ2v) is 3.07. The van der Waals surface area contributed by atoms with Crippen molar-refractivity contribution in [1.82, 2.24) is 0 Å². The molecule has 0 radical (unpaired) electrons. The first-order valence-electron chi connectivity index (χ1n) is 3.81. The summed E-state index contributed by atoms with van der Waals surface area (Å²) in [5, 5.41) is 35.9. The summed E-state index contributed by atoms with van der Waals surface area (Å²) in [7, 11) is 0. The highest BCUT2D eigenvalue weighted by atomic mass is 16.4. The number of carboxylic acids is 1. The molecule has 1 fully saturated rings. The van der Waals surface area contributed by atoms with Gasteiger partial charge in [0.2, 0.25) is 0 Å². The summed E-state index contributed by atoms with van der Waals surface area (Å²) in [4.78, 5) is 10.5. The SMILES string of the molecule is O=C(O)C1CCC(O)C(O)C1O. The minimum absolute atomic E-state index is 0.203. The topological polar surface area (TPSA) is 98.0 Å². The lowest BCUT2D eigenvalue weighted by atomic mass is 9.83. The third-order valence-corrected chi connectivity index (χ3v) is 2.25. The Morgan fingerprint density at radius 1 is 1.08 bits per heavy atom. The van der Waals surface area contributed by atoms with Crippen LogP contribution in [0.5, 0.6) is 0 Å². The fraction of sp³-hybridized carbons (Fsp3) is 0.857. The van der Waals surface area contributed by atoms with E-state index in [0.29, 0.717) is 0 Å². The highest BCUT2D eigenvalue weighted by molar-refractivity contribution is 5.71. The lowest BCUT2D eigenvalue weighted by Crippen LogP contribution is -2.48. The molecule has 0 heterocycles. The van der Waals surface area contributed by atoms with Crippen molar-refractivity contribution >= 4 is 5.97 Å². The minimum Gasteiger partial charge on any atom is -0.481 e. The van der Waals surface area contributed by atoms with Crippen molar-refractivity contribution < 1.29 is 25.2 Å². The Kier molecular flexibility index (Phi) is 2.66. The zero-order chi connectivity index (χ0) is 9.30. The van der Waals surface area contributed by atoms with Crippen molar-refractivity contribution in [3.8, 4) is 0 Å². The highest BCUT2D eigenvalue weighted by Gasteiger charge is 2.40. The van der Waals surface area contributed by atoms with Crippen LogP contribution in [0.15, 0.2) is 0 Å². The molecule has 0 aromatic carbocycles. The molecule has 5 heteroatoms. The summed E-state index contributed by atoms with van der Waals surface area (Å²) in [5.41, 5.74) is 0. The summed E-state index contributed by atoms with van der Waals surface area (Å²) in [6.07, 6.45) is -3.27. The van der Waals surface area contributed by atoms with Crippen molar-refractivity contribution in [2.45, 2.75) is 31.2 Å². The molecule has 0 bridgehead atoms. The van der Waals surface area contributed by atoms with Crippen LogP contribution >= 0.6 is 0 Å². The van der Waals surface area contributed by atoms with Crippen molar-refractivity contribution in [3.05, 3.63) is 0 Å². The third kappa shape index (κ3) is 1.57. The molecule has 4 atom stereocenters. The molecule has 70 valence electrons. The molecule has 0 aromatic rings. The molecule has 1 aliphatic carbocycles. The Morgan fingerprint density at radius 2 is 1.67 bits per heavy atom. The molecule has 4 unspecified atom stereocenters. The van der Waals surface area contributed by atoms with E-state index in [1.54, 1.807) is 0 Å². The molecule has 0 aliphatic heterocycles. The predicted octanol–water partition coefficient (Wildman–Crippen LogP) is -1.44. The number of aliphatic hydroxyl groups is 3. The fourth-order valence-electron chi connectivity index (χ4n) is 1.43. The van der Waals surface area contributed by atoms with Gasteiger partial charge in [-0.25, -0.2) is 0 Å². The Bertz CT molecular complexity index is 181. The number of aliphatic carboxylic acids is 1. The molecule has 12 heavy (non-hydrogen) atoms. The minimum atomic E-state index is -1.36. The van der Waals surface area contributed by atoms with Crippen molar-refractivity contribution in [3.63, 3.8) is 0 Å². The fourth-order valence-corrected chi connectivity index (χ4v) is 1.43. The smallest absolute Gasteiger partial charge is 0.309 e. The zero-order valence-electron chi connectivity index (χ0n) is 6.42. The van der Waals surface area contributed by atoms with E-state index in [1.807, 2.05) is 0 Å². The maximum absolute atomic E-state index is 10.5. The summed E-state index contributed by atoms with van der Waals surface area (Å²) in [5.74, 6) is -2.09. The van der Waals surface area contributed by atoms with Crippen LogP contribution in [0.25, 0.3) is 0 Å². The van der Waals surface area contributed by atoms with Gasteiger partial charge in [0.15, 0.2) is 0 Å². The van der Waals surface area contributed by atoms with Gasteiger partial charge in [0, 0.05) is 0 Å². The van der Waals surface area contributed by atoms with Gasteiger partial charge in [0.05, 0.1) is 18.1 Å². The summed E-state index contributed by atoms with van der Waals surface area (Å²) in [6.45, 7) is 0. The largest absolute Gasteiger partial charge is 0.481 e. The maximum Gasteiger partial charge on any atom is 0.309 e. The Hall–Kier alpha value is -0.650. The second-order valence-electron chi connectivity index (χ2n) is 3.07. The van der Waals surface area contributed by atoms with Crippen LogP contribution in [0, 0.1) is 5.92 Å². The van der Waals surface area contributed by atoms with Gasteiger partial charge in [-0.15, -0.1) is 0 Å². The first kappa shape index (κ1) is 9.44. The average molecular weight is 176 g/mol. The van der Waals surface area contributed by atoms with Crippen LogP contribution in [0.1, 0.15) is 12.8 Å². The van der Waals surface area contributed by atoms with Crippen molar-refractivity contribution in [1.29, 1.82) is 0 Å². The lowest BCUT2D eigenvalue weighted by molar-refractivity contribution is -0.160. The monoisotopic (exact) mass is 176 g/mol. The van der Waals surface area contributed by atoms with Crippen LogP contribution in [-0.2, 0) is 4.79 Å². The molecule has 0 spiro atoms. The van der Waals surface area contributed by atoms with Gasteiger partial charge in [-0.05, 0) is 12.8 Å². The molecule has 4 N–H and O–H groups in total.